The fourth-order valence-corrected chi connectivity index (χ4v) is 2.17. The molecule has 1 aromatic rings. The lowest BCUT2D eigenvalue weighted by Crippen LogP contribution is -2.41. The summed E-state index contributed by atoms with van der Waals surface area (Å²) in [6.07, 6.45) is 0. The second-order valence-corrected chi connectivity index (χ2v) is 4.13. The number of rotatable bonds is 3. The predicted octanol–water partition coefficient (Wildman–Crippen LogP) is 1.24. The van der Waals surface area contributed by atoms with E-state index in [9.17, 15) is 4.79 Å². The van der Waals surface area contributed by atoms with Crippen LogP contribution in [0.4, 0.5) is 0 Å². The number of nitrogens with zero attached hydrogens (tertiary/aromatic N) is 2. The first-order valence-corrected chi connectivity index (χ1v) is 5.92. The van der Waals surface area contributed by atoms with E-state index in [4.69, 9.17) is 14.7 Å². The number of carbonyl (C=O) groups excluding carboxylic acids is 1. The van der Waals surface area contributed by atoms with E-state index in [1.54, 1.807) is 24.1 Å². The highest BCUT2D eigenvalue weighted by Gasteiger charge is 2.30. The van der Waals surface area contributed by atoms with Crippen molar-refractivity contribution in [3.63, 3.8) is 0 Å². The summed E-state index contributed by atoms with van der Waals surface area (Å²) >= 11 is 0. The highest BCUT2D eigenvalue weighted by Crippen LogP contribution is 2.33. The second-order valence-electron chi connectivity index (χ2n) is 4.13. The minimum Gasteiger partial charge on any atom is -0.493 e. The Bertz CT molecular complexity index is 540. The van der Waals surface area contributed by atoms with Gasteiger partial charge in [0.25, 0.3) is 5.91 Å². The first-order valence-electron chi connectivity index (χ1n) is 5.92. The summed E-state index contributed by atoms with van der Waals surface area (Å²) in [6, 6.07) is 3.46. The maximum Gasteiger partial charge on any atom is 0.276 e. The fourth-order valence-electron chi connectivity index (χ4n) is 2.17. The van der Waals surface area contributed by atoms with Crippen molar-refractivity contribution in [2.75, 3.05) is 20.8 Å². The minimum absolute atomic E-state index is 0.0315. The lowest BCUT2D eigenvalue weighted by molar-refractivity contribution is -0.124. The molecule has 1 aliphatic heterocycles. The van der Waals surface area contributed by atoms with E-state index < -0.39 is 0 Å². The molecule has 102 valence electrons. The summed E-state index contributed by atoms with van der Waals surface area (Å²) in [6.45, 7) is 2.88. The molecule has 0 aliphatic carbocycles. The van der Waals surface area contributed by atoms with Crippen LogP contribution in [0, 0.1) is 0 Å². The largest absolute Gasteiger partial charge is 0.493 e. The molecule has 2 rings (SSSR count). The van der Waals surface area contributed by atoms with Gasteiger partial charge in [-0.3, -0.25) is 4.79 Å². The number of likely N-dealkylation sites (N-methyl/N-ethyl adjacent to an activating group) is 1. The predicted molar refractivity (Wildman–Crippen MR) is 69.0 cm³/mol. The maximum absolute atomic E-state index is 12.1. The van der Waals surface area contributed by atoms with Gasteiger partial charge in [0.2, 0.25) is 0 Å². The van der Waals surface area contributed by atoms with Gasteiger partial charge in [0.15, 0.2) is 17.2 Å². The number of hydrogen-bond donors (Lipinski definition) is 1. The van der Waals surface area contributed by atoms with Crippen LogP contribution in [0.3, 0.4) is 0 Å². The molecule has 0 atom stereocenters. The molecule has 0 bridgehead atoms. The van der Waals surface area contributed by atoms with Crippen LogP contribution in [0.15, 0.2) is 17.3 Å². The molecule has 19 heavy (non-hydrogen) atoms. The van der Waals surface area contributed by atoms with Gasteiger partial charge in [0.1, 0.15) is 0 Å². The van der Waals surface area contributed by atoms with Crippen molar-refractivity contribution in [1.29, 1.82) is 0 Å². The normalized spacial score (nSPS) is 16.5. The quantitative estimate of drug-likeness (QED) is 0.658. The Morgan fingerprint density at radius 1 is 1.32 bits per heavy atom. The summed E-state index contributed by atoms with van der Waals surface area (Å²) < 4.78 is 10.4. The zero-order chi connectivity index (χ0) is 14.0. The Kier molecular flexibility index (Phi) is 3.59. The third-order valence-corrected chi connectivity index (χ3v) is 3.20. The van der Waals surface area contributed by atoms with Gasteiger partial charge in [0, 0.05) is 18.7 Å². The van der Waals surface area contributed by atoms with E-state index in [-0.39, 0.29) is 11.6 Å². The Balaban J connectivity index is 2.60. The van der Waals surface area contributed by atoms with Crippen LogP contribution in [0.2, 0.25) is 0 Å². The van der Waals surface area contributed by atoms with E-state index in [1.807, 2.05) is 6.92 Å². The molecule has 0 saturated carbocycles. The number of benzene rings is 1. The minimum atomic E-state index is -0.287. The third-order valence-electron chi connectivity index (χ3n) is 3.20. The summed E-state index contributed by atoms with van der Waals surface area (Å²) in [5, 5.41) is 12.2. The van der Waals surface area contributed by atoms with Gasteiger partial charge in [-0.1, -0.05) is 5.16 Å². The number of fused-ring (bicyclic) bond motifs is 1. The van der Waals surface area contributed by atoms with Crippen LogP contribution in [0.1, 0.15) is 18.1 Å². The number of hydrogen-bond acceptors (Lipinski definition) is 5. The number of amides is 1. The SMILES string of the molecule is CCN1Cc2cc(OC)c(OC)cc2C(=NO)C1=O. The third kappa shape index (κ3) is 2.09. The number of oxime groups is 1. The van der Waals surface area contributed by atoms with Gasteiger partial charge < -0.3 is 19.6 Å². The van der Waals surface area contributed by atoms with Crippen molar-refractivity contribution >= 4 is 11.6 Å². The van der Waals surface area contributed by atoms with Gasteiger partial charge in [-0.05, 0) is 24.6 Å². The molecule has 0 aromatic heterocycles. The van der Waals surface area contributed by atoms with E-state index >= 15 is 0 Å². The van der Waals surface area contributed by atoms with Gasteiger partial charge in [-0.25, -0.2) is 0 Å². The molecule has 0 unspecified atom stereocenters. The average molecular weight is 264 g/mol. The number of methoxy groups -OCH3 is 2. The molecule has 0 spiro atoms. The van der Waals surface area contributed by atoms with Crippen LogP contribution in [-0.2, 0) is 11.3 Å². The molecule has 1 aromatic carbocycles. The lowest BCUT2D eigenvalue weighted by Gasteiger charge is -2.28. The van der Waals surface area contributed by atoms with Crippen molar-refractivity contribution in [2.45, 2.75) is 13.5 Å². The standard InChI is InChI=1S/C13H16N2O4/c1-4-15-7-8-5-10(18-2)11(19-3)6-9(8)12(14-17)13(15)16/h5-6,17H,4,7H2,1-3H3. The van der Waals surface area contributed by atoms with Crippen molar-refractivity contribution in [3.8, 4) is 11.5 Å². The Hall–Kier alpha value is -2.24. The molecular formula is C13H16N2O4. The molecule has 1 aliphatic rings. The zero-order valence-corrected chi connectivity index (χ0v) is 11.1. The summed E-state index contributed by atoms with van der Waals surface area (Å²) in [4.78, 5) is 13.7. The topological polar surface area (TPSA) is 71.4 Å². The molecule has 6 nitrogen and oxygen atoms in total. The first-order chi connectivity index (χ1) is 9.15. The van der Waals surface area contributed by atoms with Crippen LogP contribution >= 0.6 is 0 Å². The lowest BCUT2D eigenvalue weighted by atomic mass is 9.96. The monoisotopic (exact) mass is 264 g/mol. The molecule has 1 heterocycles. The molecule has 0 saturated heterocycles. The molecule has 0 fully saturated rings. The van der Waals surface area contributed by atoms with Crippen LogP contribution < -0.4 is 9.47 Å². The molecule has 0 radical (unpaired) electrons. The molecule has 1 amide bonds. The van der Waals surface area contributed by atoms with Gasteiger partial charge in [-0.15, -0.1) is 0 Å². The van der Waals surface area contributed by atoms with E-state index in [2.05, 4.69) is 5.16 Å². The molecule has 6 heteroatoms. The Morgan fingerprint density at radius 2 is 1.95 bits per heavy atom. The van der Waals surface area contributed by atoms with Crippen molar-refractivity contribution in [2.24, 2.45) is 5.16 Å². The highest BCUT2D eigenvalue weighted by atomic mass is 16.5. The van der Waals surface area contributed by atoms with E-state index in [0.29, 0.717) is 30.2 Å². The second kappa shape index (κ2) is 5.17. The van der Waals surface area contributed by atoms with Crippen molar-refractivity contribution in [3.05, 3.63) is 23.3 Å². The molecule has 1 N–H and O–H groups in total. The summed E-state index contributed by atoms with van der Waals surface area (Å²) in [7, 11) is 3.07. The summed E-state index contributed by atoms with van der Waals surface area (Å²) in [5.41, 5.74) is 1.48. The van der Waals surface area contributed by atoms with Crippen molar-refractivity contribution in [1.82, 2.24) is 4.90 Å². The van der Waals surface area contributed by atoms with Crippen LogP contribution in [-0.4, -0.2) is 42.5 Å². The Morgan fingerprint density at radius 3 is 2.47 bits per heavy atom. The number of carbonyl (C=O) groups is 1. The number of ether oxygens (including phenoxy) is 2. The first kappa shape index (κ1) is 13.2. The van der Waals surface area contributed by atoms with Gasteiger partial charge >= 0.3 is 0 Å². The highest BCUT2D eigenvalue weighted by molar-refractivity contribution is 6.46. The van der Waals surface area contributed by atoms with Crippen LogP contribution in [0.5, 0.6) is 11.5 Å². The van der Waals surface area contributed by atoms with Crippen LogP contribution in [0.25, 0.3) is 0 Å². The molecular weight excluding hydrogens is 248 g/mol. The van der Waals surface area contributed by atoms with E-state index in [0.717, 1.165) is 5.56 Å². The van der Waals surface area contributed by atoms with Gasteiger partial charge in [0.05, 0.1) is 14.2 Å². The average Bonchev–Trinajstić information content (AvgIpc) is 2.45. The van der Waals surface area contributed by atoms with E-state index in [1.165, 1.54) is 7.11 Å². The zero-order valence-electron chi connectivity index (χ0n) is 11.1. The Labute approximate surface area is 111 Å². The maximum atomic E-state index is 12.1. The van der Waals surface area contributed by atoms with Crippen molar-refractivity contribution < 1.29 is 19.5 Å². The smallest absolute Gasteiger partial charge is 0.276 e. The summed E-state index contributed by atoms with van der Waals surface area (Å²) in [5.74, 6) is 0.800. The fraction of sp³-hybridized carbons (Fsp3) is 0.385. The van der Waals surface area contributed by atoms with Gasteiger partial charge in [-0.2, -0.15) is 0 Å².